The first-order valence-electron chi connectivity index (χ1n) is 8.50. The molecule has 1 atom stereocenters. The second-order valence-electron chi connectivity index (χ2n) is 6.25. The first-order chi connectivity index (χ1) is 13.5. The molecule has 0 saturated carbocycles. The summed E-state index contributed by atoms with van der Waals surface area (Å²) in [6, 6.07) is 1.69. The van der Waals surface area contributed by atoms with Crippen LogP contribution in [-0.4, -0.2) is 62.4 Å². The number of nitrogens with one attached hydrogen (secondary N) is 3. The fourth-order valence-corrected chi connectivity index (χ4v) is 4.05. The Bertz CT molecular complexity index is 932. The van der Waals surface area contributed by atoms with Crippen LogP contribution in [0.3, 0.4) is 0 Å². The molecule has 1 aromatic heterocycles. The zero-order chi connectivity index (χ0) is 21.8. The number of halogens is 2. The molecule has 2 heterocycles. The van der Waals surface area contributed by atoms with Crippen LogP contribution in [0, 0.1) is 0 Å². The van der Waals surface area contributed by atoms with E-state index in [2.05, 4.69) is 57.0 Å². The van der Waals surface area contributed by atoms with E-state index < -0.39 is 21.7 Å². The largest absolute Gasteiger partial charge is 0.370 e. The minimum Gasteiger partial charge on any atom is -0.370 e. The van der Waals surface area contributed by atoms with Gasteiger partial charge in [0.2, 0.25) is 0 Å². The van der Waals surface area contributed by atoms with E-state index in [4.69, 9.17) is 5.73 Å². The number of hydrogen-bond donors (Lipinski definition) is 4. The van der Waals surface area contributed by atoms with Crippen LogP contribution in [0.15, 0.2) is 20.1 Å². The maximum absolute atomic E-state index is 12.3. The lowest BCUT2D eigenvalue weighted by Gasteiger charge is -2.24. The predicted molar refractivity (Wildman–Crippen MR) is 114 cm³/mol. The van der Waals surface area contributed by atoms with Crippen molar-refractivity contribution in [3.63, 3.8) is 0 Å². The molecule has 2 rings (SSSR count). The van der Waals surface area contributed by atoms with Crippen LogP contribution in [0.1, 0.15) is 23.3 Å². The van der Waals surface area contributed by atoms with Gasteiger partial charge in [-0.2, -0.15) is 8.42 Å². The Morgan fingerprint density at radius 3 is 2.62 bits per heavy atom. The van der Waals surface area contributed by atoms with Crippen molar-refractivity contribution in [2.75, 3.05) is 26.0 Å². The lowest BCUT2D eigenvalue weighted by molar-refractivity contribution is -0.125. The summed E-state index contributed by atoms with van der Waals surface area (Å²) in [5.74, 6) is -1.14. The van der Waals surface area contributed by atoms with Crippen molar-refractivity contribution in [1.29, 1.82) is 0 Å². The SMILES string of the molecule is COS(=O)(=O)CCNC1(CCCNC(=O)c2cc(Br)c(Br)n2C)N=C(N)NC1=O. The third-order valence-corrected chi connectivity index (χ3v) is 7.61. The van der Waals surface area contributed by atoms with Gasteiger partial charge in [-0.05, 0) is 50.8 Å². The minimum absolute atomic E-state index is 0.0559. The van der Waals surface area contributed by atoms with Gasteiger partial charge in [-0.1, -0.05) is 0 Å². The highest BCUT2D eigenvalue weighted by atomic mass is 79.9. The smallest absolute Gasteiger partial charge is 0.269 e. The molecule has 1 aromatic rings. The maximum atomic E-state index is 12.3. The fraction of sp³-hybridized carbons (Fsp3) is 0.533. The van der Waals surface area contributed by atoms with Crippen LogP contribution in [0.4, 0.5) is 0 Å². The molecule has 1 unspecified atom stereocenters. The standard InChI is InChI=1S/C15H22Br2N6O5S/c1-23-10(8-9(16)11(23)17)12(24)19-5-3-4-15(13(25)21-14(18)22-15)20-6-7-29(26,27)28-2/h8,20H,3-7H2,1-2H3,(H,19,24)(H3,18,21,22,25). The zero-order valence-corrected chi connectivity index (χ0v) is 19.8. The zero-order valence-electron chi connectivity index (χ0n) is 15.8. The molecule has 0 radical (unpaired) electrons. The molecular formula is C15H22Br2N6O5S. The molecule has 29 heavy (non-hydrogen) atoms. The quantitative estimate of drug-likeness (QED) is 0.228. The lowest BCUT2D eigenvalue weighted by atomic mass is 10.0. The van der Waals surface area contributed by atoms with E-state index in [9.17, 15) is 18.0 Å². The Balaban J connectivity index is 1.94. The second kappa shape index (κ2) is 9.55. The Morgan fingerprint density at radius 2 is 2.10 bits per heavy atom. The van der Waals surface area contributed by atoms with Gasteiger partial charge in [0.05, 0.1) is 21.9 Å². The number of guanidine groups is 1. The average molecular weight is 558 g/mol. The molecule has 0 aromatic carbocycles. The predicted octanol–water partition coefficient (Wildman–Crippen LogP) is -0.233. The van der Waals surface area contributed by atoms with Gasteiger partial charge in [0, 0.05) is 20.1 Å². The van der Waals surface area contributed by atoms with Crippen LogP contribution in [0.5, 0.6) is 0 Å². The number of carbonyl (C=O) groups is 2. The van der Waals surface area contributed by atoms with Gasteiger partial charge < -0.3 is 15.6 Å². The van der Waals surface area contributed by atoms with Gasteiger partial charge in [0.1, 0.15) is 5.69 Å². The summed E-state index contributed by atoms with van der Waals surface area (Å²) in [6.45, 7) is 0.222. The van der Waals surface area contributed by atoms with Crippen LogP contribution in [-0.2, 0) is 26.1 Å². The third-order valence-electron chi connectivity index (χ3n) is 4.30. The van der Waals surface area contributed by atoms with Crippen LogP contribution in [0.25, 0.3) is 0 Å². The minimum atomic E-state index is -3.68. The number of aromatic nitrogens is 1. The molecule has 0 aliphatic carbocycles. The molecule has 5 N–H and O–H groups in total. The van der Waals surface area contributed by atoms with Gasteiger partial charge in [-0.3, -0.25) is 24.4 Å². The molecule has 14 heteroatoms. The molecule has 1 aliphatic heterocycles. The molecule has 1 aliphatic rings. The fourth-order valence-electron chi connectivity index (χ4n) is 2.74. The number of aliphatic imine (C=N–C) groups is 1. The van der Waals surface area contributed by atoms with Gasteiger partial charge in [0.15, 0.2) is 11.6 Å². The van der Waals surface area contributed by atoms with Gasteiger partial charge in [0.25, 0.3) is 21.9 Å². The van der Waals surface area contributed by atoms with Crippen molar-refractivity contribution in [2.24, 2.45) is 17.8 Å². The number of hydrogen-bond acceptors (Lipinski definition) is 8. The van der Waals surface area contributed by atoms with Crippen molar-refractivity contribution >= 4 is 59.8 Å². The van der Waals surface area contributed by atoms with E-state index in [1.807, 2.05) is 0 Å². The van der Waals surface area contributed by atoms with Crippen LogP contribution in [0.2, 0.25) is 0 Å². The molecule has 0 saturated heterocycles. The van der Waals surface area contributed by atoms with Crippen LogP contribution < -0.4 is 21.7 Å². The summed E-state index contributed by atoms with van der Waals surface area (Å²) in [7, 11) is -0.870. The first kappa shape index (κ1) is 23.8. The van der Waals surface area contributed by atoms with E-state index in [0.717, 1.165) is 16.2 Å². The highest BCUT2D eigenvalue weighted by molar-refractivity contribution is 9.13. The Hall–Kier alpha value is -1.48. The van der Waals surface area contributed by atoms with Gasteiger partial charge in [-0.15, -0.1) is 0 Å². The van der Waals surface area contributed by atoms with E-state index in [1.54, 1.807) is 17.7 Å². The normalized spacial score (nSPS) is 19.2. The third kappa shape index (κ3) is 5.78. The topological polar surface area (TPSA) is 157 Å². The molecule has 2 amide bonds. The summed E-state index contributed by atoms with van der Waals surface area (Å²) in [6.07, 6.45) is 0.597. The molecule has 0 spiro atoms. The number of nitrogens with zero attached hydrogens (tertiary/aromatic N) is 2. The molecule has 0 fully saturated rings. The number of amides is 2. The molecular weight excluding hydrogens is 536 g/mol. The number of rotatable bonds is 10. The second-order valence-corrected chi connectivity index (χ2v) is 9.72. The van der Waals surface area contributed by atoms with E-state index in [1.165, 1.54) is 0 Å². The summed E-state index contributed by atoms with van der Waals surface area (Å²) < 4.78 is 30.5. The first-order valence-corrected chi connectivity index (χ1v) is 11.7. The average Bonchev–Trinajstić information content (AvgIpc) is 3.08. The van der Waals surface area contributed by atoms with E-state index in [0.29, 0.717) is 12.1 Å². The number of carbonyl (C=O) groups excluding carboxylic acids is 2. The van der Waals surface area contributed by atoms with E-state index in [-0.39, 0.29) is 37.1 Å². The van der Waals surface area contributed by atoms with Crippen molar-refractivity contribution in [2.45, 2.75) is 18.5 Å². The Labute approximate surface area is 185 Å². The summed E-state index contributed by atoms with van der Waals surface area (Å²) in [4.78, 5) is 28.8. The number of nitrogens with two attached hydrogens (primary N) is 1. The monoisotopic (exact) mass is 556 g/mol. The maximum Gasteiger partial charge on any atom is 0.269 e. The van der Waals surface area contributed by atoms with Crippen molar-refractivity contribution in [3.05, 3.63) is 20.8 Å². The lowest BCUT2D eigenvalue weighted by Crippen LogP contribution is -2.53. The van der Waals surface area contributed by atoms with Gasteiger partial charge in [-0.25, -0.2) is 4.99 Å². The van der Waals surface area contributed by atoms with Crippen LogP contribution >= 0.6 is 31.9 Å². The summed E-state index contributed by atoms with van der Waals surface area (Å²) in [5.41, 5.74) is 4.67. The van der Waals surface area contributed by atoms with Crippen molar-refractivity contribution in [1.82, 2.24) is 20.5 Å². The Kier molecular flexibility index (Phi) is 7.84. The van der Waals surface area contributed by atoms with Gasteiger partial charge >= 0.3 is 0 Å². The van der Waals surface area contributed by atoms with E-state index >= 15 is 0 Å². The summed E-state index contributed by atoms with van der Waals surface area (Å²) in [5, 5.41) is 8.02. The summed E-state index contributed by atoms with van der Waals surface area (Å²) >= 11 is 6.71. The van der Waals surface area contributed by atoms with Crippen molar-refractivity contribution in [3.8, 4) is 0 Å². The molecule has 11 nitrogen and oxygen atoms in total. The highest BCUT2D eigenvalue weighted by Gasteiger charge is 2.42. The Morgan fingerprint density at radius 1 is 1.41 bits per heavy atom. The molecule has 162 valence electrons. The van der Waals surface area contributed by atoms with Crippen molar-refractivity contribution < 1.29 is 22.2 Å². The molecule has 0 bridgehead atoms. The highest BCUT2D eigenvalue weighted by Crippen LogP contribution is 2.26.